The number of unbranched alkanes of at least 4 members (excludes halogenated alkanes) is 1. The lowest BCUT2D eigenvalue weighted by molar-refractivity contribution is 0.194. The van der Waals surface area contributed by atoms with Gasteiger partial charge >= 0.3 is 0 Å². The molecule has 0 atom stereocenters. The standard InChI is InChI=1S/C13H18N4O/c1-18-7-3-2-6-15-13-11-8-10(14)4-5-12(11)16-9-17-13/h4-5,8-9H,2-3,6-7,14H2,1H3,(H,15,16,17). The van der Waals surface area contributed by atoms with Crippen LogP contribution in [0.15, 0.2) is 24.5 Å². The highest BCUT2D eigenvalue weighted by Crippen LogP contribution is 2.21. The van der Waals surface area contributed by atoms with Gasteiger partial charge in [-0.05, 0) is 31.0 Å². The summed E-state index contributed by atoms with van der Waals surface area (Å²) < 4.78 is 5.01. The summed E-state index contributed by atoms with van der Waals surface area (Å²) in [7, 11) is 1.72. The van der Waals surface area contributed by atoms with Crippen LogP contribution >= 0.6 is 0 Å². The second kappa shape index (κ2) is 6.16. The highest BCUT2D eigenvalue weighted by atomic mass is 16.5. The van der Waals surface area contributed by atoms with Crippen molar-refractivity contribution in [1.82, 2.24) is 9.97 Å². The van der Waals surface area contributed by atoms with Gasteiger partial charge in [-0.3, -0.25) is 0 Å². The van der Waals surface area contributed by atoms with Gasteiger partial charge in [0.2, 0.25) is 0 Å². The molecule has 0 saturated heterocycles. The Morgan fingerprint density at radius 1 is 1.28 bits per heavy atom. The Bertz CT molecular complexity index is 515. The molecule has 1 aromatic carbocycles. The van der Waals surface area contributed by atoms with E-state index in [-0.39, 0.29) is 0 Å². The van der Waals surface area contributed by atoms with E-state index in [0.29, 0.717) is 0 Å². The molecule has 0 unspecified atom stereocenters. The van der Waals surface area contributed by atoms with Gasteiger partial charge in [0.05, 0.1) is 5.52 Å². The molecule has 5 nitrogen and oxygen atoms in total. The number of rotatable bonds is 6. The van der Waals surface area contributed by atoms with Gasteiger partial charge in [0.1, 0.15) is 12.1 Å². The van der Waals surface area contributed by atoms with E-state index >= 15 is 0 Å². The molecule has 0 spiro atoms. The summed E-state index contributed by atoms with van der Waals surface area (Å²) in [5, 5.41) is 4.27. The Morgan fingerprint density at radius 2 is 2.17 bits per heavy atom. The Morgan fingerprint density at radius 3 is 3.00 bits per heavy atom. The number of benzene rings is 1. The van der Waals surface area contributed by atoms with Crippen LogP contribution in [-0.2, 0) is 4.74 Å². The van der Waals surface area contributed by atoms with Crippen LogP contribution in [0, 0.1) is 0 Å². The zero-order valence-electron chi connectivity index (χ0n) is 10.5. The van der Waals surface area contributed by atoms with Crippen molar-refractivity contribution in [3.8, 4) is 0 Å². The van der Waals surface area contributed by atoms with Crippen molar-refractivity contribution in [2.45, 2.75) is 12.8 Å². The fourth-order valence-electron chi connectivity index (χ4n) is 1.79. The van der Waals surface area contributed by atoms with Gasteiger partial charge in [0.15, 0.2) is 0 Å². The molecule has 0 radical (unpaired) electrons. The zero-order chi connectivity index (χ0) is 12.8. The summed E-state index contributed by atoms with van der Waals surface area (Å²) in [4.78, 5) is 8.47. The van der Waals surface area contributed by atoms with Crippen molar-refractivity contribution in [1.29, 1.82) is 0 Å². The lowest BCUT2D eigenvalue weighted by Gasteiger charge is -2.08. The van der Waals surface area contributed by atoms with Gasteiger partial charge in [-0.25, -0.2) is 9.97 Å². The summed E-state index contributed by atoms with van der Waals surface area (Å²) >= 11 is 0. The number of hydrogen-bond donors (Lipinski definition) is 2. The molecule has 2 rings (SSSR count). The summed E-state index contributed by atoms with van der Waals surface area (Å²) in [5.41, 5.74) is 7.41. The predicted molar refractivity (Wildman–Crippen MR) is 73.6 cm³/mol. The van der Waals surface area contributed by atoms with E-state index in [1.165, 1.54) is 0 Å². The van der Waals surface area contributed by atoms with Crippen LogP contribution in [0.25, 0.3) is 10.9 Å². The van der Waals surface area contributed by atoms with E-state index in [2.05, 4.69) is 15.3 Å². The first-order valence-corrected chi connectivity index (χ1v) is 6.04. The van der Waals surface area contributed by atoms with Crippen LogP contribution < -0.4 is 11.1 Å². The second-order valence-corrected chi connectivity index (χ2v) is 4.13. The SMILES string of the molecule is COCCCCNc1ncnc2ccc(N)cc12. The number of ether oxygens (including phenoxy) is 1. The largest absolute Gasteiger partial charge is 0.399 e. The van der Waals surface area contributed by atoms with E-state index in [1.54, 1.807) is 13.4 Å². The average molecular weight is 246 g/mol. The fraction of sp³-hybridized carbons (Fsp3) is 0.385. The van der Waals surface area contributed by atoms with Crippen molar-refractivity contribution in [3.05, 3.63) is 24.5 Å². The summed E-state index contributed by atoms with van der Waals surface area (Å²) in [6.07, 6.45) is 3.65. The van der Waals surface area contributed by atoms with Gasteiger partial charge in [0, 0.05) is 31.3 Å². The number of anilines is 2. The first-order chi connectivity index (χ1) is 8.81. The third-order valence-electron chi connectivity index (χ3n) is 2.73. The molecule has 1 aromatic heterocycles. The number of nitrogens with zero attached hydrogens (tertiary/aromatic N) is 2. The Labute approximate surface area is 106 Å². The number of hydrogen-bond acceptors (Lipinski definition) is 5. The van der Waals surface area contributed by atoms with E-state index in [9.17, 15) is 0 Å². The van der Waals surface area contributed by atoms with Crippen LogP contribution in [0.4, 0.5) is 11.5 Å². The summed E-state index contributed by atoms with van der Waals surface area (Å²) in [6.45, 7) is 1.66. The first-order valence-electron chi connectivity index (χ1n) is 6.04. The maximum atomic E-state index is 5.79. The van der Waals surface area contributed by atoms with Crippen LogP contribution in [0.2, 0.25) is 0 Å². The molecular formula is C13H18N4O. The molecule has 96 valence electrons. The smallest absolute Gasteiger partial charge is 0.137 e. The van der Waals surface area contributed by atoms with E-state index < -0.39 is 0 Å². The van der Waals surface area contributed by atoms with E-state index in [4.69, 9.17) is 10.5 Å². The molecule has 0 aliphatic carbocycles. The van der Waals surface area contributed by atoms with E-state index in [0.717, 1.165) is 48.4 Å². The Hall–Kier alpha value is -1.88. The minimum Gasteiger partial charge on any atom is -0.399 e. The van der Waals surface area contributed by atoms with Crippen molar-refractivity contribution in [2.75, 3.05) is 31.3 Å². The lowest BCUT2D eigenvalue weighted by Crippen LogP contribution is -2.05. The number of nitrogens with two attached hydrogens (primary N) is 1. The second-order valence-electron chi connectivity index (χ2n) is 4.13. The van der Waals surface area contributed by atoms with Crippen molar-refractivity contribution in [2.24, 2.45) is 0 Å². The Kier molecular flexibility index (Phi) is 4.30. The number of nitrogens with one attached hydrogen (secondary N) is 1. The molecular weight excluding hydrogens is 228 g/mol. The molecule has 3 N–H and O–H groups in total. The van der Waals surface area contributed by atoms with E-state index in [1.807, 2.05) is 18.2 Å². The molecule has 5 heteroatoms. The lowest BCUT2D eigenvalue weighted by atomic mass is 10.2. The van der Waals surface area contributed by atoms with Crippen LogP contribution in [0.1, 0.15) is 12.8 Å². The minimum absolute atomic E-state index is 0.722. The van der Waals surface area contributed by atoms with Gasteiger partial charge < -0.3 is 15.8 Å². The zero-order valence-corrected chi connectivity index (χ0v) is 10.5. The number of fused-ring (bicyclic) bond motifs is 1. The minimum atomic E-state index is 0.722. The molecule has 0 fully saturated rings. The molecule has 1 heterocycles. The number of aromatic nitrogens is 2. The normalized spacial score (nSPS) is 10.7. The maximum Gasteiger partial charge on any atom is 0.137 e. The van der Waals surface area contributed by atoms with Crippen LogP contribution in [0.3, 0.4) is 0 Å². The fourth-order valence-corrected chi connectivity index (χ4v) is 1.79. The van der Waals surface area contributed by atoms with Gasteiger partial charge in [-0.2, -0.15) is 0 Å². The maximum absolute atomic E-state index is 5.79. The van der Waals surface area contributed by atoms with Crippen molar-refractivity contribution in [3.63, 3.8) is 0 Å². The third-order valence-corrected chi connectivity index (χ3v) is 2.73. The molecule has 0 saturated carbocycles. The topological polar surface area (TPSA) is 73.1 Å². The van der Waals surface area contributed by atoms with Crippen molar-refractivity contribution < 1.29 is 4.74 Å². The number of nitrogen functional groups attached to an aromatic ring is 1. The van der Waals surface area contributed by atoms with Gasteiger partial charge in [-0.1, -0.05) is 0 Å². The quantitative estimate of drug-likeness (QED) is 0.603. The summed E-state index contributed by atoms with van der Waals surface area (Å²) in [6, 6.07) is 5.65. The van der Waals surface area contributed by atoms with Gasteiger partial charge in [-0.15, -0.1) is 0 Å². The van der Waals surface area contributed by atoms with Gasteiger partial charge in [0.25, 0.3) is 0 Å². The van der Waals surface area contributed by atoms with Crippen LogP contribution in [-0.4, -0.2) is 30.2 Å². The Balaban J connectivity index is 2.05. The third kappa shape index (κ3) is 3.07. The first kappa shape index (κ1) is 12.6. The average Bonchev–Trinajstić information content (AvgIpc) is 2.39. The van der Waals surface area contributed by atoms with Crippen LogP contribution in [0.5, 0.6) is 0 Å². The molecule has 0 aliphatic heterocycles. The highest BCUT2D eigenvalue weighted by Gasteiger charge is 2.03. The number of methoxy groups -OCH3 is 1. The molecule has 0 amide bonds. The molecule has 0 aliphatic rings. The van der Waals surface area contributed by atoms with Crippen molar-refractivity contribution >= 4 is 22.4 Å². The monoisotopic (exact) mass is 246 g/mol. The molecule has 2 aromatic rings. The molecule has 18 heavy (non-hydrogen) atoms. The highest BCUT2D eigenvalue weighted by molar-refractivity contribution is 5.91. The summed E-state index contributed by atoms with van der Waals surface area (Å²) in [5.74, 6) is 0.838. The molecule has 0 bridgehead atoms. The predicted octanol–water partition coefficient (Wildman–Crippen LogP) is 2.05.